The van der Waals surface area contributed by atoms with Crippen LogP contribution < -0.4 is 11.1 Å². The molecule has 7 nitrogen and oxygen atoms in total. The number of nitrogens with one attached hydrogen (secondary N) is 1. The number of anilines is 1. The zero-order chi connectivity index (χ0) is 20.4. The van der Waals surface area contributed by atoms with Gasteiger partial charge in [-0.1, -0.05) is 12.1 Å². The van der Waals surface area contributed by atoms with Crippen LogP contribution >= 0.6 is 0 Å². The van der Waals surface area contributed by atoms with Crippen LogP contribution in [0.5, 0.6) is 0 Å². The zero-order valence-electron chi connectivity index (χ0n) is 15.1. The number of nitrogens with zero attached hydrogens (tertiary/aromatic N) is 3. The molecule has 29 heavy (non-hydrogen) atoms. The molecule has 0 saturated heterocycles. The highest BCUT2D eigenvalue weighted by atomic mass is 19.1. The van der Waals surface area contributed by atoms with Crippen molar-refractivity contribution in [2.45, 2.75) is 0 Å². The third-order valence-corrected chi connectivity index (χ3v) is 4.35. The van der Waals surface area contributed by atoms with Crippen molar-refractivity contribution in [3.8, 4) is 11.5 Å². The van der Waals surface area contributed by atoms with Gasteiger partial charge in [0.25, 0.3) is 5.91 Å². The third kappa shape index (κ3) is 3.51. The topological polar surface area (TPSA) is 94.9 Å². The Kier molecular flexibility index (Phi) is 4.66. The Hall–Kier alpha value is -4.20. The maximum atomic E-state index is 14.3. The van der Waals surface area contributed by atoms with E-state index >= 15 is 0 Å². The van der Waals surface area contributed by atoms with E-state index < -0.39 is 17.6 Å². The molecule has 0 aliphatic heterocycles. The number of aromatic nitrogens is 3. The minimum absolute atomic E-state index is 0.223. The summed E-state index contributed by atoms with van der Waals surface area (Å²) in [4.78, 5) is 24.1. The molecule has 0 atom stereocenters. The smallest absolute Gasteiger partial charge is 0.261 e. The number of carbonyl (C=O) groups is 2. The highest BCUT2D eigenvalue weighted by Gasteiger charge is 2.21. The average molecular weight is 389 g/mol. The van der Waals surface area contributed by atoms with Crippen molar-refractivity contribution < 1.29 is 14.0 Å². The Labute approximate surface area is 165 Å². The number of rotatable bonds is 5. The number of para-hydroxylation sites is 1. The first-order chi connectivity index (χ1) is 14.0. The average Bonchev–Trinajstić information content (AvgIpc) is 3.38. The third-order valence-electron chi connectivity index (χ3n) is 4.35. The molecular formula is C21H16FN5O2. The number of primary amides is 1. The van der Waals surface area contributed by atoms with E-state index in [1.54, 1.807) is 59.4 Å². The number of halogens is 1. The second kappa shape index (κ2) is 7.43. The Morgan fingerprint density at radius 3 is 2.31 bits per heavy atom. The summed E-state index contributed by atoms with van der Waals surface area (Å²) in [5, 5.41) is 6.99. The van der Waals surface area contributed by atoms with Gasteiger partial charge < -0.3 is 15.6 Å². The molecule has 2 aromatic carbocycles. The lowest BCUT2D eigenvalue weighted by atomic mass is 10.2. The normalized spacial score (nSPS) is 10.7. The maximum Gasteiger partial charge on any atom is 0.261 e. The summed E-state index contributed by atoms with van der Waals surface area (Å²) in [5.41, 5.74) is 6.53. The van der Waals surface area contributed by atoms with Gasteiger partial charge in [0.1, 0.15) is 17.1 Å². The van der Waals surface area contributed by atoms with Crippen molar-refractivity contribution >= 4 is 17.5 Å². The summed E-state index contributed by atoms with van der Waals surface area (Å²) in [6.45, 7) is 0. The SMILES string of the molecule is NC(=O)c1ccc(NC(=O)c2cnn(-c3ccccc3F)c2-n2cccc2)cc1. The fourth-order valence-corrected chi connectivity index (χ4v) is 2.94. The van der Waals surface area contributed by atoms with E-state index in [4.69, 9.17) is 5.73 Å². The largest absolute Gasteiger partial charge is 0.366 e. The molecule has 0 fully saturated rings. The molecule has 2 heterocycles. The van der Waals surface area contributed by atoms with Gasteiger partial charge in [0.15, 0.2) is 5.82 Å². The highest BCUT2D eigenvalue weighted by molar-refractivity contribution is 6.06. The number of carbonyl (C=O) groups excluding carboxylic acids is 2. The van der Waals surface area contributed by atoms with Gasteiger partial charge in [-0.3, -0.25) is 9.59 Å². The van der Waals surface area contributed by atoms with Crippen LogP contribution in [0.2, 0.25) is 0 Å². The minimum Gasteiger partial charge on any atom is -0.366 e. The van der Waals surface area contributed by atoms with Crippen molar-refractivity contribution in [3.63, 3.8) is 0 Å². The maximum absolute atomic E-state index is 14.3. The number of benzene rings is 2. The standard InChI is InChI=1S/C21H16FN5O2/c22-17-5-1-2-6-18(17)27-21(26-11-3-4-12-26)16(13-24-27)20(29)25-15-9-7-14(8-10-15)19(23)28/h1-13H,(H2,23,28)(H,25,29). The zero-order valence-corrected chi connectivity index (χ0v) is 15.1. The van der Waals surface area contributed by atoms with Crippen molar-refractivity contribution in [2.75, 3.05) is 5.32 Å². The van der Waals surface area contributed by atoms with E-state index in [1.165, 1.54) is 29.1 Å². The lowest BCUT2D eigenvalue weighted by Gasteiger charge is -2.12. The van der Waals surface area contributed by atoms with Gasteiger partial charge >= 0.3 is 0 Å². The van der Waals surface area contributed by atoms with E-state index in [2.05, 4.69) is 10.4 Å². The van der Waals surface area contributed by atoms with Crippen LogP contribution in [0.4, 0.5) is 10.1 Å². The van der Waals surface area contributed by atoms with E-state index in [-0.39, 0.29) is 11.3 Å². The molecule has 4 rings (SSSR count). The Morgan fingerprint density at radius 1 is 0.966 bits per heavy atom. The molecule has 0 radical (unpaired) electrons. The summed E-state index contributed by atoms with van der Waals surface area (Å²) in [6, 6.07) is 16.0. The van der Waals surface area contributed by atoms with Crippen molar-refractivity contribution in [1.29, 1.82) is 0 Å². The fourth-order valence-electron chi connectivity index (χ4n) is 2.94. The predicted octanol–water partition coefficient (Wildman–Crippen LogP) is 3.15. The summed E-state index contributed by atoms with van der Waals surface area (Å²) < 4.78 is 17.4. The highest BCUT2D eigenvalue weighted by Crippen LogP contribution is 2.23. The van der Waals surface area contributed by atoms with Crippen LogP contribution in [0.1, 0.15) is 20.7 Å². The minimum atomic E-state index is -0.552. The van der Waals surface area contributed by atoms with Gasteiger partial charge in [-0.15, -0.1) is 0 Å². The Balaban J connectivity index is 1.73. The second-order valence-corrected chi connectivity index (χ2v) is 6.23. The first kappa shape index (κ1) is 18.2. The lowest BCUT2D eigenvalue weighted by Crippen LogP contribution is -2.16. The van der Waals surface area contributed by atoms with Crippen LogP contribution in [0.3, 0.4) is 0 Å². The van der Waals surface area contributed by atoms with Gasteiger partial charge in [0.05, 0.1) is 6.20 Å². The van der Waals surface area contributed by atoms with Gasteiger partial charge in [-0.05, 0) is 48.5 Å². The molecule has 4 aromatic rings. The summed E-state index contributed by atoms with van der Waals surface area (Å²) in [7, 11) is 0. The molecule has 0 aliphatic carbocycles. The number of amides is 2. The Morgan fingerprint density at radius 2 is 1.66 bits per heavy atom. The molecule has 8 heteroatoms. The van der Waals surface area contributed by atoms with Crippen molar-refractivity contribution in [3.05, 3.63) is 96.2 Å². The fraction of sp³-hybridized carbons (Fsp3) is 0. The molecule has 0 bridgehead atoms. The van der Waals surface area contributed by atoms with Crippen molar-refractivity contribution in [1.82, 2.24) is 14.3 Å². The molecule has 0 unspecified atom stereocenters. The monoisotopic (exact) mass is 389 g/mol. The lowest BCUT2D eigenvalue weighted by molar-refractivity contribution is 0.0998. The van der Waals surface area contributed by atoms with Crippen LogP contribution in [0, 0.1) is 5.82 Å². The summed E-state index contributed by atoms with van der Waals surface area (Å²) in [5.74, 6) is -1.04. The first-order valence-corrected chi connectivity index (χ1v) is 8.72. The molecule has 3 N–H and O–H groups in total. The summed E-state index contributed by atoms with van der Waals surface area (Å²) >= 11 is 0. The van der Waals surface area contributed by atoms with Gasteiger partial charge in [0, 0.05) is 23.6 Å². The van der Waals surface area contributed by atoms with E-state index in [0.29, 0.717) is 17.1 Å². The summed E-state index contributed by atoms with van der Waals surface area (Å²) in [6.07, 6.45) is 4.87. The molecule has 2 amide bonds. The molecular weight excluding hydrogens is 373 g/mol. The van der Waals surface area contributed by atoms with Crippen LogP contribution in [-0.4, -0.2) is 26.2 Å². The molecule has 0 aliphatic rings. The van der Waals surface area contributed by atoms with E-state index in [0.717, 1.165) is 0 Å². The molecule has 0 saturated carbocycles. The number of nitrogens with two attached hydrogens (primary N) is 1. The van der Waals surface area contributed by atoms with Crippen LogP contribution in [0.15, 0.2) is 79.3 Å². The second-order valence-electron chi connectivity index (χ2n) is 6.23. The van der Waals surface area contributed by atoms with E-state index in [9.17, 15) is 14.0 Å². The quantitative estimate of drug-likeness (QED) is 0.549. The van der Waals surface area contributed by atoms with Gasteiger partial charge in [0.2, 0.25) is 5.91 Å². The molecule has 2 aromatic heterocycles. The predicted molar refractivity (Wildman–Crippen MR) is 106 cm³/mol. The first-order valence-electron chi connectivity index (χ1n) is 8.72. The number of hydrogen-bond acceptors (Lipinski definition) is 3. The van der Waals surface area contributed by atoms with Gasteiger partial charge in [-0.2, -0.15) is 5.10 Å². The van der Waals surface area contributed by atoms with Crippen molar-refractivity contribution in [2.24, 2.45) is 5.73 Å². The van der Waals surface area contributed by atoms with Gasteiger partial charge in [-0.25, -0.2) is 9.07 Å². The van der Waals surface area contributed by atoms with Crippen LogP contribution in [-0.2, 0) is 0 Å². The van der Waals surface area contributed by atoms with Crippen LogP contribution in [0.25, 0.3) is 11.5 Å². The number of hydrogen-bond donors (Lipinski definition) is 2. The Bertz CT molecular complexity index is 1180. The molecule has 144 valence electrons. The molecule has 0 spiro atoms. The van der Waals surface area contributed by atoms with E-state index in [1.807, 2.05) is 0 Å².